The molecular weight excluding hydrogens is 236 g/mol. The lowest BCUT2D eigenvalue weighted by Crippen LogP contribution is -2.23. The SMILES string of the molecule is CCOC(=O)C=CC1CCC(C2CCCCC2)CC1. The Morgan fingerprint density at radius 1 is 1.00 bits per heavy atom. The van der Waals surface area contributed by atoms with Crippen LogP contribution >= 0.6 is 0 Å². The molecule has 0 spiro atoms. The normalized spacial score (nSPS) is 29.5. The Kier molecular flexibility index (Phi) is 5.93. The molecule has 0 amide bonds. The van der Waals surface area contributed by atoms with Crippen molar-refractivity contribution in [2.75, 3.05) is 6.61 Å². The number of ether oxygens (including phenoxy) is 1. The Balaban J connectivity index is 1.71. The molecule has 0 unspecified atom stereocenters. The summed E-state index contributed by atoms with van der Waals surface area (Å²) in [6, 6.07) is 0. The van der Waals surface area contributed by atoms with E-state index in [0.29, 0.717) is 12.5 Å². The van der Waals surface area contributed by atoms with Gasteiger partial charge in [0, 0.05) is 6.08 Å². The molecule has 2 aliphatic rings. The van der Waals surface area contributed by atoms with Gasteiger partial charge in [0.05, 0.1) is 6.61 Å². The lowest BCUT2D eigenvalue weighted by atomic mass is 9.71. The molecule has 0 atom stereocenters. The molecule has 2 aliphatic carbocycles. The lowest BCUT2D eigenvalue weighted by molar-refractivity contribution is -0.137. The fourth-order valence-corrected chi connectivity index (χ4v) is 3.82. The summed E-state index contributed by atoms with van der Waals surface area (Å²) in [4.78, 5) is 11.3. The molecule has 2 fully saturated rings. The molecule has 0 aliphatic heterocycles. The molecule has 19 heavy (non-hydrogen) atoms. The molecule has 2 nitrogen and oxygen atoms in total. The third-order valence-corrected chi connectivity index (χ3v) is 4.92. The van der Waals surface area contributed by atoms with E-state index in [1.807, 2.05) is 6.92 Å². The van der Waals surface area contributed by atoms with E-state index in [2.05, 4.69) is 6.08 Å². The standard InChI is InChI=1S/C17H28O2/c1-2-19-17(18)13-10-14-8-11-16(12-9-14)15-6-4-3-5-7-15/h10,13-16H,2-9,11-12H2,1H3. The van der Waals surface area contributed by atoms with Crippen molar-refractivity contribution in [2.24, 2.45) is 17.8 Å². The molecule has 0 N–H and O–H groups in total. The molecule has 0 saturated heterocycles. The minimum atomic E-state index is -0.183. The summed E-state index contributed by atoms with van der Waals surface area (Å²) in [5.41, 5.74) is 0. The maximum absolute atomic E-state index is 11.3. The quantitative estimate of drug-likeness (QED) is 0.552. The number of esters is 1. The average Bonchev–Trinajstić information content (AvgIpc) is 2.47. The van der Waals surface area contributed by atoms with Gasteiger partial charge in [0.15, 0.2) is 0 Å². The van der Waals surface area contributed by atoms with Crippen LogP contribution in [-0.4, -0.2) is 12.6 Å². The smallest absolute Gasteiger partial charge is 0.330 e. The molecule has 108 valence electrons. The van der Waals surface area contributed by atoms with E-state index >= 15 is 0 Å². The maximum atomic E-state index is 11.3. The summed E-state index contributed by atoms with van der Waals surface area (Å²) in [5, 5.41) is 0. The van der Waals surface area contributed by atoms with Crippen LogP contribution in [0.25, 0.3) is 0 Å². The van der Waals surface area contributed by atoms with Crippen molar-refractivity contribution in [3.8, 4) is 0 Å². The van der Waals surface area contributed by atoms with Crippen LogP contribution < -0.4 is 0 Å². The van der Waals surface area contributed by atoms with Crippen molar-refractivity contribution in [3.63, 3.8) is 0 Å². The predicted molar refractivity (Wildman–Crippen MR) is 77.8 cm³/mol. The first-order valence-corrected chi connectivity index (χ1v) is 8.14. The van der Waals surface area contributed by atoms with Gasteiger partial charge in [0.25, 0.3) is 0 Å². The van der Waals surface area contributed by atoms with Crippen LogP contribution in [0.2, 0.25) is 0 Å². The molecule has 0 radical (unpaired) electrons. The monoisotopic (exact) mass is 264 g/mol. The second-order valence-corrected chi connectivity index (χ2v) is 6.18. The minimum absolute atomic E-state index is 0.183. The molecular formula is C17H28O2. The number of hydrogen-bond acceptors (Lipinski definition) is 2. The Labute approximate surface area is 117 Å². The third-order valence-electron chi connectivity index (χ3n) is 4.92. The molecule has 0 aromatic carbocycles. The summed E-state index contributed by atoms with van der Waals surface area (Å²) in [6.45, 7) is 2.32. The van der Waals surface area contributed by atoms with Gasteiger partial charge in [-0.2, -0.15) is 0 Å². The summed E-state index contributed by atoms with van der Waals surface area (Å²) >= 11 is 0. The largest absolute Gasteiger partial charge is 0.463 e. The van der Waals surface area contributed by atoms with Crippen LogP contribution in [0.5, 0.6) is 0 Å². The second kappa shape index (κ2) is 7.72. The van der Waals surface area contributed by atoms with E-state index in [9.17, 15) is 4.79 Å². The lowest BCUT2D eigenvalue weighted by Gasteiger charge is -2.35. The Morgan fingerprint density at radius 3 is 2.26 bits per heavy atom. The van der Waals surface area contributed by atoms with Crippen LogP contribution in [0.4, 0.5) is 0 Å². The van der Waals surface area contributed by atoms with Crippen molar-refractivity contribution in [2.45, 2.75) is 64.7 Å². The third kappa shape index (κ3) is 4.67. The van der Waals surface area contributed by atoms with Gasteiger partial charge in [-0.1, -0.05) is 38.2 Å². The highest BCUT2D eigenvalue weighted by atomic mass is 16.5. The zero-order chi connectivity index (χ0) is 13.5. The number of hydrogen-bond donors (Lipinski definition) is 0. The van der Waals surface area contributed by atoms with Gasteiger partial charge in [-0.25, -0.2) is 4.79 Å². The highest BCUT2D eigenvalue weighted by Crippen LogP contribution is 2.40. The molecule has 2 heteroatoms. The molecule has 2 rings (SSSR count). The minimum Gasteiger partial charge on any atom is -0.463 e. The number of allylic oxidation sites excluding steroid dienone is 1. The van der Waals surface area contributed by atoms with Crippen LogP contribution in [0, 0.1) is 17.8 Å². The fraction of sp³-hybridized carbons (Fsp3) is 0.824. The summed E-state index contributed by atoms with van der Waals surface area (Å²) in [6.07, 6.45) is 16.3. The van der Waals surface area contributed by atoms with Gasteiger partial charge >= 0.3 is 5.97 Å². The molecule has 0 aromatic rings. The van der Waals surface area contributed by atoms with E-state index in [1.54, 1.807) is 6.08 Å². The van der Waals surface area contributed by atoms with E-state index in [0.717, 1.165) is 11.8 Å². The van der Waals surface area contributed by atoms with Gasteiger partial charge in [0.2, 0.25) is 0 Å². The van der Waals surface area contributed by atoms with Crippen molar-refractivity contribution >= 4 is 5.97 Å². The van der Waals surface area contributed by atoms with Gasteiger partial charge in [-0.05, 0) is 50.4 Å². The number of carbonyl (C=O) groups excluding carboxylic acids is 1. The van der Waals surface area contributed by atoms with Gasteiger partial charge in [-0.15, -0.1) is 0 Å². The second-order valence-electron chi connectivity index (χ2n) is 6.18. The Hall–Kier alpha value is -0.790. The van der Waals surface area contributed by atoms with Gasteiger partial charge < -0.3 is 4.74 Å². The number of carbonyl (C=O) groups is 1. The summed E-state index contributed by atoms with van der Waals surface area (Å²) < 4.78 is 4.92. The van der Waals surface area contributed by atoms with E-state index in [-0.39, 0.29) is 5.97 Å². The van der Waals surface area contributed by atoms with E-state index in [1.165, 1.54) is 57.8 Å². The Bertz CT molecular complexity index is 294. The summed E-state index contributed by atoms with van der Waals surface area (Å²) in [5.74, 6) is 2.39. The van der Waals surface area contributed by atoms with Crippen LogP contribution in [-0.2, 0) is 9.53 Å². The molecule has 0 bridgehead atoms. The van der Waals surface area contributed by atoms with E-state index in [4.69, 9.17) is 4.74 Å². The van der Waals surface area contributed by atoms with Crippen molar-refractivity contribution in [1.82, 2.24) is 0 Å². The van der Waals surface area contributed by atoms with Crippen LogP contribution in [0.15, 0.2) is 12.2 Å². The molecule has 0 aromatic heterocycles. The molecule has 0 heterocycles. The average molecular weight is 264 g/mol. The zero-order valence-corrected chi connectivity index (χ0v) is 12.3. The highest BCUT2D eigenvalue weighted by Gasteiger charge is 2.27. The van der Waals surface area contributed by atoms with Crippen molar-refractivity contribution in [3.05, 3.63) is 12.2 Å². The molecule has 2 saturated carbocycles. The van der Waals surface area contributed by atoms with Crippen LogP contribution in [0.3, 0.4) is 0 Å². The highest BCUT2D eigenvalue weighted by molar-refractivity contribution is 5.81. The van der Waals surface area contributed by atoms with Crippen molar-refractivity contribution < 1.29 is 9.53 Å². The maximum Gasteiger partial charge on any atom is 0.330 e. The Morgan fingerprint density at radius 2 is 1.63 bits per heavy atom. The van der Waals surface area contributed by atoms with Crippen LogP contribution in [0.1, 0.15) is 64.7 Å². The zero-order valence-electron chi connectivity index (χ0n) is 12.3. The van der Waals surface area contributed by atoms with Crippen molar-refractivity contribution in [1.29, 1.82) is 0 Å². The summed E-state index contributed by atoms with van der Waals surface area (Å²) in [7, 11) is 0. The van der Waals surface area contributed by atoms with Gasteiger partial charge in [-0.3, -0.25) is 0 Å². The topological polar surface area (TPSA) is 26.3 Å². The number of rotatable bonds is 4. The fourth-order valence-electron chi connectivity index (χ4n) is 3.82. The predicted octanol–water partition coefficient (Wildman–Crippen LogP) is 4.49. The first-order chi connectivity index (χ1) is 9.29. The first kappa shape index (κ1) is 14.6. The first-order valence-electron chi connectivity index (χ1n) is 8.14. The van der Waals surface area contributed by atoms with E-state index < -0.39 is 0 Å². The van der Waals surface area contributed by atoms with Gasteiger partial charge in [0.1, 0.15) is 0 Å².